The van der Waals surface area contributed by atoms with Crippen LogP contribution in [-0.2, 0) is 14.3 Å². The van der Waals surface area contributed by atoms with Gasteiger partial charge in [-0.2, -0.15) is 0 Å². The molecular weight excluding hydrogens is 318 g/mol. The highest BCUT2D eigenvalue weighted by molar-refractivity contribution is 5.91. The third-order valence-electron chi connectivity index (χ3n) is 4.53. The molecule has 3 atom stereocenters. The lowest BCUT2D eigenvalue weighted by atomic mass is 9.87. The van der Waals surface area contributed by atoms with E-state index in [0.717, 1.165) is 16.9 Å². The van der Waals surface area contributed by atoms with E-state index in [2.05, 4.69) is 0 Å². The standard InChI is InChI=1S/C20H21NO4/c1-13(15-7-5-4-6-8-15)21-18(19(20(21)23)25-14(2)22)16-9-11-17(24-3)12-10-16/h4-13,18-19H,1-3H3/t13-,18-,19+/m0/s1. The van der Waals surface area contributed by atoms with Crippen LogP contribution in [0.2, 0.25) is 0 Å². The highest BCUT2D eigenvalue weighted by Gasteiger charge is 2.52. The van der Waals surface area contributed by atoms with Gasteiger partial charge in [-0.3, -0.25) is 9.59 Å². The van der Waals surface area contributed by atoms with Crippen LogP contribution < -0.4 is 4.74 Å². The molecule has 0 N–H and O–H groups in total. The van der Waals surface area contributed by atoms with Crippen molar-refractivity contribution < 1.29 is 19.1 Å². The SMILES string of the molecule is COc1ccc([C@H]2[C@@H](OC(C)=O)C(=O)N2[C@@H](C)c2ccccc2)cc1. The lowest BCUT2D eigenvalue weighted by Crippen LogP contribution is -2.60. The average molecular weight is 339 g/mol. The summed E-state index contributed by atoms with van der Waals surface area (Å²) in [7, 11) is 1.60. The summed E-state index contributed by atoms with van der Waals surface area (Å²) in [6.07, 6.45) is -0.781. The molecule has 1 fully saturated rings. The van der Waals surface area contributed by atoms with E-state index in [0.29, 0.717) is 0 Å². The van der Waals surface area contributed by atoms with Crippen LogP contribution >= 0.6 is 0 Å². The van der Waals surface area contributed by atoms with Crippen molar-refractivity contribution in [1.29, 1.82) is 0 Å². The molecular formula is C20H21NO4. The first-order valence-corrected chi connectivity index (χ1v) is 8.21. The quantitative estimate of drug-likeness (QED) is 0.620. The smallest absolute Gasteiger partial charge is 0.303 e. The van der Waals surface area contributed by atoms with E-state index in [4.69, 9.17) is 9.47 Å². The summed E-state index contributed by atoms with van der Waals surface area (Å²) in [6.45, 7) is 3.30. The van der Waals surface area contributed by atoms with Gasteiger partial charge < -0.3 is 14.4 Å². The van der Waals surface area contributed by atoms with Gasteiger partial charge in [0.15, 0.2) is 0 Å². The number of carbonyl (C=O) groups excluding carboxylic acids is 2. The number of amides is 1. The second-order valence-electron chi connectivity index (χ2n) is 6.08. The average Bonchev–Trinajstić information content (AvgIpc) is 2.64. The zero-order valence-electron chi connectivity index (χ0n) is 14.5. The molecule has 1 aliphatic rings. The number of rotatable bonds is 5. The normalized spacial score (nSPS) is 20.6. The molecule has 0 aliphatic carbocycles. The number of hydrogen-bond donors (Lipinski definition) is 0. The maximum absolute atomic E-state index is 12.6. The molecule has 1 saturated heterocycles. The molecule has 0 saturated carbocycles. The van der Waals surface area contributed by atoms with Crippen LogP contribution in [0.15, 0.2) is 54.6 Å². The molecule has 3 rings (SSSR count). The maximum atomic E-state index is 12.6. The van der Waals surface area contributed by atoms with Crippen LogP contribution in [-0.4, -0.2) is 30.0 Å². The van der Waals surface area contributed by atoms with Crippen molar-refractivity contribution in [3.05, 3.63) is 65.7 Å². The molecule has 5 nitrogen and oxygen atoms in total. The number of ether oxygens (including phenoxy) is 2. The van der Waals surface area contributed by atoms with Gasteiger partial charge in [-0.25, -0.2) is 0 Å². The molecule has 0 radical (unpaired) electrons. The Kier molecular flexibility index (Phi) is 4.74. The Hall–Kier alpha value is -2.82. The summed E-state index contributed by atoms with van der Waals surface area (Å²) < 4.78 is 10.5. The Balaban J connectivity index is 1.92. The first kappa shape index (κ1) is 17.0. The highest BCUT2D eigenvalue weighted by Crippen LogP contribution is 2.43. The second kappa shape index (κ2) is 6.97. The van der Waals surface area contributed by atoms with E-state index in [-0.39, 0.29) is 18.0 Å². The highest BCUT2D eigenvalue weighted by atomic mass is 16.6. The molecule has 0 spiro atoms. The van der Waals surface area contributed by atoms with E-state index in [1.807, 2.05) is 61.5 Å². The van der Waals surface area contributed by atoms with Crippen molar-refractivity contribution in [3.8, 4) is 5.75 Å². The summed E-state index contributed by atoms with van der Waals surface area (Å²) in [5, 5.41) is 0. The van der Waals surface area contributed by atoms with Gasteiger partial charge in [0.05, 0.1) is 13.2 Å². The molecule has 1 heterocycles. The van der Waals surface area contributed by atoms with Gasteiger partial charge >= 0.3 is 5.97 Å². The van der Waals surface area contributed by atoms with E-state index in [1.165, 1.54) is 6.92 Å². The monoisotopic (exact) mass is 339 g/mol. The lowest BCUT2D eigenvalue weighted by molar-refractivity contribution is -0.186. The van der Waals surface area contributed by atoms with Crippen molar-refractivity contribution in [1.82, 2.24) is 4.90 Å². The summed E-state index contributed by atoms with van der Waals surface area (Å²) >= 11 is 0. The third kappa shape index (κ3) is 3.22. The summed E-state index contributed by atoms with van der Waals surface area (Å²) in [4.78, 5) is 25.8. The molecule has 2 aromatic carbocycles. The van der Waals surface area contributed by atoms with Gasteiger partial charge in [0.2, 0.25) is 6.10 Å². The Morgan fingerprint density at radius 1 is 1.08 bits per heavy atom. The summed E-state index contributed by atoms with van der Waals surface area (Å²) in [6, 6.07) is 16.9. The lowest BCUT2D eigenvalue weighted by Gasteiger charge is -2.49. The van der Waals surface area contributed by atoms with Crippen molar-refractivity contribution in [2.45, 2.75) is 32.0 Å². The topological polar surface area (TPSA) is 55.8 Å². The van der Waals surface area contributed by atoms with Crippen LogP contribution in [0, 0.1) is 0 Å². The zero-order valence-corrected chi connectivity index (χ0v) is 14.5. The molecule has 1 aliphatic heterocycles. The fourth-order valence-electron chi connectivity index (χ4n) is 3.24. The predicted octanol–water partition coefficient (Wildman–Crippen LogP) is 3.27. The minimum atomic E-state index is -0.781. The molecule has 0 unspecified atom stereocenters. The number of methoxy groups -OCH3 is 1. The molecule has 130 valence electrons. The van der Waals surface area contributed by atoms with Gasteiger partial charge in [-0.05, 0) is 30.2 Å². The number of β-lactam (4-membered cyclic amide) rings is 1. The van der Waals surface area contributed by atoms with Crippen LogP contribution in [0.25, 0.3) is 0 Å². The van der Waals surface area contributed by atoms with Crippen molar-refractivity contribution >= 4 is 11.9 Å². The Bertz CT molecular complexity index is 757. The largest absolute Gasteiger partial charge is 0.497 e. The van der Waals surface area contributed by atoms with Crippen LogP contribution in [0.4, 0.5) is 0 Å². The molecule has 25 heavy (non-hydrogen) atoms. The molecule has 5 heteroatoms. The van der Waals surface area contributed by atoms with Crippen LogP contribution in [0.3, 0.4) is 0 Å². The van der Waals surface area contributed by atoms with Crippen LogP contribution in [0.1, 0.15) is 37.1 Å². The van der Waals surface area contributed by atoms with E-state index >= 15 is 0 Å². The van der Waals surface area contributed by atoms with Crippen molar-refractivity contribution in [2.75, 3.05) is 7.11 Å². The Morgan fingerprint density at radius 2 is 1.72 bits per heavy atom. The molecule has 2 aromatic rings. The Labute approximate surface area is 147 Å². The minimum absolute atomic E-state index is 0.118. The molecule has 0 bridgehead atoms. The Morgan fingerprint density at radius 3 is 2.28 bits per heavy atom. The van der Waals surface area contributed by atoms with Crippen molar-refractivity contribution in [3.63, 3.8) is 0 Å². The number of benzene rings is 2. The number of hydrogen-bond acceptors (Lipinski definition) is 4. The molecule has 0 aromatic heterocycles. The van der Waals surface area contributed by atoms with Crippen LogP contribution in [0.5, 0.6) is 5.75 Å². The zero-order chi connectivity index (χ0) is 18.0. The number of esters is 1. The third-order valence-corrected chi connectivity index (χ3v) is 4.53. The van der Waals surface area contributed by atoms with Gasteiger partial charge in [0, 0.05) is 6.92 Å². The number of nitrogens with zero attached hydrogens (tertiary/aromatic N) is 1. The van der Waals surface area contributed by atoms with Crippen molar-refractivity contribution in [2.24, 2.45) is 0 Å². The first-order chi connectivity index (χ1) is 12.0. The van der Waals surface area contributed by atoms with Gasteiger partial charge in [0.1, 0.15) is 11.8 Å². The minimum Gasteiger partial charge on any atom is -0.497 e. The maximum Gasteiger partial charge on any atom is 0.303 e. The fraction of sp³-hybridized carbons (Fsp3) is 0.300. The number of likely N-dealkylation sites (tertiary alicyclic amines) is 1. The predicted molar refractivity (Wildman–Crippen MR) is 93.0 cm³/mol. The van der Waals surface area contributed by atoms with Gasteiger partial charge in [0.25, 0.3) is 5.91 Å². The van der Waals surface area contributed by atoms with Gasteiger partial charge in [-0.15, -0.1) is 0 Å². The van der Waals surface area contributed by atoms with E-state index < -0.39 is 12.1 Å². The van der Waals surface area contributed by atoms with E-state index in [9.17, 15) is 9.59 Å². The molecule has 1 amide bonds. The number of carbonyl (C=O) groups is 2. The van der Waals surface area contributed by atoms with E-state index in [1.54, 1.807) is 12.0 Å². The first-order valence-electron chi connectivity index (χ1n) is 8.21. The summed E-state index contributed by atoms with van der Waals surface area (Å²) in [5.41, 5.74) is 1.95. The summed E-state index contributed by atoms with van der Waals surface area (Å²) in [5.74, 6) is 0.109. The second-order valence-corrected chi connectivity index (χ2v) is 6.08. The van der Waals surface area contributed by atoms with Gasteiger partial charge in [-0.1, -0.05) is 42.5 Å². The fourth-order valence-corrected chi connectivity index (χ4v) is 3.24.